The Morgan fingerprint density at radius 2 is 1.86 bits per heavy atom. The number of benzene rings is 2. The molecule has 0 aliphatic heterocycles. The molecule has 0 fully saturated rings. The summed E-state index contributed by atoms with van der Waals surface area (Å²) in [7, 11) is -1.37. The van der Waals surface area contributed by atoms with Crippen molar-refractivity contribution >= 4 is 16.1 Å². The molecule has 0 spiro atoms. The molecule has 8 nitrogen and oxygen atoms in total. The van der Waals surface area contributed by atoms with Gasteiger partial charge in [0, 0.05) is 30.4 Å². The van der Waals surface area contributed by atoms with Gasteiger partial charge < -0.3 is 19.1 Å². The molecule has 10 heteroatoms. The standard InChI is InChI=1S/C27H31FN2O6S/c1-7-15-35-20-11-10-12-21(16-20)37(32,33)30-18-19(17-29(5)26(31)36-27(2,3)4)25(34-6)24(30)22-13-8-9-14-23(22)28/h7-14,16,18H,1,15,17H2,2-6H3. The van der Waals surface area contributed by atoms with E-state index in [1.807, 2.05) is 0 Å². The van der Waals surface area contributed by atoms with E-state index >= 15 is 0 Å². The SMILES string of the molecule is C=CCOc1cccc(S(=O)(=O)n2cc(CN(C)C(=O)OC(C)(C)C)c(OC)c2-c2ccccc2F)c1. The van der Waals surface area contributed by atoms with Crippen LogP contribution in [0.3, 0.4) is 0 Å². The van der Waals surface area contributed by atoms with E-state index in [2.05, 4.69) is 6.58 Å². The van der Waals surface area contributed by atoms with Crippen LogP contribution in [0.25, 0.3) is 11.3 Å². The van der Waals surface area contributed by atoms with Crippen molar-refractivity contribution in [2.75, 3.05) is 20.8 Å². The number of carbonyl (C=O) groups is 1. The smallest absolute Gasteiger partial charge is 0.410 e. The maximum Gasteiger partial charge on any atom is 0.410 e. The molecule has 1 heterocycles. The molecule has 0 aliphatic carbocycles. The van der Waals surface area contributed by atoms with Gasteiger partial charge in [-0.05, 0) is 45.0 Å². The average Bonchev–Trinajstić information content (AvgIpc) is 3.20. The quantitative estimate of drug-likeness (QED) is 0.341. The largest absolute Gasteiger partial charge is 0.494 e. The Bertz CT molecular complexity index is 1390. The van der Waals surface area contributed by atoms with Gasteiger partial charge >= 0.3 is 6.09 Å². The number of hydrogen-bond acceptors (Lipinski definition) is 6. The van der Waals surface area contributed by atoms with Crippen LogP contribution in [0.2, 0.25) is 0 Å². The predicted molar refractivity (Wildman–Crippen MR) is 139 cm³/mol. The van der Waals surface area contributed by atoms with Gasteiger partial charge in [0.2, 0.25) is 0 Å². The molecular formula is C27H31FN2O6S. The zero-order chi connectivity index (χ0) is 27.4. The zero-order valence-corrected chi connectivity index (χ0v) is 22.3. The molecule has 0 N–H and O–H groups in total. The van der Waals surface area contributed by atoms with E-state index in [1.165, 1.54) is 55.6 Å². The Hall–Kier alpha value is -3.79. The fraction of sp³-hybridized carbons (Fsp3) is 0.296. The van der Waals surface area contributed by atoms with Crippen molar-refractivity contribution in [1.82, 2.24) is 8.87 Å². The number of hydrogen-bond donors (Lipinski definition) is 0. The van der Waals surface area contributed by atoms with Gasteiger partial charge in [-0.25, -0.2) is 21.6 Å². The molecule has 37 heavy (non-hydrogen) atoms. The number of methoxy groups -OCH3 is 1. The molecule has 198 valence electrons. The minimum Gasteiger partial charge on any atom is -0.494 e. The summed E-state index contributed by atoms with van der Waals surface area (Å²) in [4.78, 5) is 13.8. The van der Waals surface area contributed by atoms with Crippen LogP contribution in [0.5, 0.6) is 11.5 Å². The van der Waals surface area contributed by atoms with Crippen molar-refractivity contribution in [3.05, 3.63) is 78.8 Å². The van der Waals surface area contributed by atoms with E-state index in [1.54, 1.807) is 45.0 Å². The molecule has 1 aromatic heterocycles. The summed E-state index contributed by atoms with van der Waals surface area (Å²) in [5, 5.41) is 0. The lowest BCUT2D eigenvalue weighted by Gasteiger charge is -2.24. The molecule has 2 aromatic carbocycles. The summed E-state index contributed by atoms with van der Waals surface area (Å²) in [5.41, 5.74) is -0.364. The summed E-state index contributed by atoms with van der Waals surface area (Å²) < 4.78 is 60.2. The molecule has 0 radical (unpaired) electrons. The summed E-state index contributed by atoms with van der Waals surface area (Å²) >= 11 is 0. The first-order valence-electron chi connectivity index (χ1n) is 11.5. The second-order valence-electron chi connectivity index (χ2n) is 9.23. The second-order valence-corrected chi connectivity index (χ2v) is 11.0. The van der Waals surface area contributed by atoms with Gasteiger partial charge in [-0.1, -0.05) is 30.9 Å². The summed E-state index contributed by atoms with van der Waals surface area (Å²) in [6.45, 7) is 8.96. The van der Waals surface area contributed by atoms with Crippen molar-refractivity contribution in [1.29, 1.82) is 0 Å². The van der Waals surface area contributed by atoms with Crippen LogP contribution in [0.15, 0.2) is 72.3 Å². The fourth-order valence-electron chi connectivity index (χ4n) is 3.59. The van der Waals surface area contributed by atoms with Crippen LogP contribution in [0.4, 0.5) is 9.18 Å². The molecular weight excluding hydrogens is 499 g/mol. The van der Waals surface area contributed by atoms with Gasteiger partial charge in [0.15, 0.2) is 5.75 Å². The first-order chi connectivity index (χ1) is 17.4. The van der Waals surface area contributed by atoms with E-state index < -0.39 is 27.5 Å². The molecule has 0 atom stereocenters. The average molecular weight is 531 g/mol. The fourth-order valence-corrected chi connectivity index (χ4v) is 5.02. The van der Waals surface area contributed by atoms with E-state index in [9.17, 15) is 17.6 Å². The van der Waals surface area contributed by atoms with E-state index in [-0.39, 0.29) is 35.1 Å². The van der Waals surface area contributed by atoms with E-state index in [4.69, 9.17) is 14.2 Å². The third-order valence-electron chi connectivity index (χ3n) is 5.18. The molecule has 0 saturated heterocycles. The van der Waals surface area contributed by atoms with Crippen LogP contribution in [0, 0.1) is 5.82 Å². The molecule has 3 rings (SSSR count). The Balaban J connectivity index is 2.18. The number of halogens is 1. The lowest BCUT2D eigenvalue weighted by Crippen LogP contribution is -2.33. The summed E-state index contributed by atoms with van der Waals surface area (Å²) in [5.74, 6) is -0.189. The number of ether oxygens (including phenoxy) is 3. The first-order valence-corrected chi connectivity index (χ1v) is 12.9. The van der Waals surface area contributed by atoms with Gasteiger partial charge in [0.05, 0.1) is 18.6 Å². The third-order valence-corrected chi connectivity index (χ3v) is 6.83. The number of carbonyl (C=O) groups excluding carboxylic acids is 1. The van der Waals surface area contributed by atoms with Gasteiger partial charge in [-0.3, -0.25) is 0 Å². The highest BCUT2D eigenvalue weighted by Gasteiger charge is 2.30. The highest BCUT2D eigenvalue weighted by atomic mass is 32.2. The van der Waals surface area contributed by atoms with Crippen LogP contribution in [-0.2, 0) is 21.3 Å². The summed E-state index contributed by atoms with van der Waals surface area (Å²) in [6, 6.07) is 11.8. The van der Waals surface area contributed by atoms with Crippen LogP contribution >= 0.6 is 0 Å². The lowest BCUT2D eigenvalue weighted by molar-refractivity contribution is 0.0284. The minimum absolute atomic E-state index is 0.00870. The molecule has 3 aromatic rings. The zero-order valence-electron chi connectivity index (χ0n) is 21.5. The van der Waals surface area contributed by atoms with Gasteiger partial charge in [0.1, 0.15) is 29.5 Å². The van der Waals surface area contributed by atoms with Gasteiger partial charge in [0.25, 0.3) is 10.0 Å². The Labute approximate surface area is 216 Å². The topological polar surface area (TPSA) is 87.1 Å². The Morgan fingerprint density at radius 3 is 2.49 bits per heavy atom. The van der Waals surface area contributed by atoms with Gasteiger partial charge in [-0.15, -0.1) is 0 Å². The highest BCUT2D eigenvalue weighted by Crippen LogP contribution is 2.39. The molecule has 0 bridgehead atoms. The highest BCUT2D eigenvalue weighted by molar-refractivity contribution is 7.90. The number of amides is 1. The molecule has 0 unspecified atom stereocenters. The minimum atomic E-state index is -4.25. The van der Waals surface area contributed by atoms with Crippen molar-refractivity contribution in [2.45, 2.75) is 37.8 Å². The Morgan fingerprint density at radius 1 is 1.16 bits per heavy atom. The monoisotopic (exact) mass is 530 g/mol. The first kappa shape index (κ1) is 27.8. The van der Waals surface area contributed by atoms with Gasteiger partial charge in [-0.2, -0.15) is 0 Å². The molecule has 0 aliphatic rings. The van der Waals surface area contributed by atoms with Crippen LogP contribution in [0.1, 0.15) is 26.3 Å². The van der Waals surface area contributed by atoms with Crippen molar-refractivity contribution in [3.8, 4) is 22.8 Å². The van der Waals surface area contributed by atoms with Crippen LogP contribution in [-0.4, -0.2) is 49.7 Å². The van der Waals surface area contributed by atoms with E-state index in [0.717, 1.165) is 3.97 Å². The molecule has 1 amide bonds. The van der Waals surface area contributed by atoms with Crippen molar-refractivity contribution < 1.29 is 31.8 Å². The van der Waals surface area contributed by atoms with Crippen LogP contribution < -0.4 is 9.47 Å². The lowest BCUT2D eigenvalue weighted by atomic mass is 10.1. The van der Waals surface area contributed by atoms with Crippen molar-refractivity contribution in [2.24, 2.45) is 0 Å². The van der Waals surface area contributed by atoms with E-state index in [0.29, 0.717) is 11.3 Å². The normalized spacial score (nSPS) is 11.6. The third kappa shape index (κ3) is 6.32. The second kappa shape index (κ2) is 11.1. The Kier molecular flexibility index (Phi) is 8.32. The van der Waals surface area contributed by atoms with Crippen molar-refractivity contribution in [3.63, 3.8) is 0 Å². The predicted octanol–water partition coefficient (Wildman–Crippen LogP) is 5.47. The maximum absolute atomic E-state index is 15.0. The maximum atomic E-state index is 15.0. The number of aromatic nitrogens is 1. The molecule has 0 saturated carbocycles. The number of rotatable bonds is 9. The number of nitrogens with zero attached hydrogens (tertiary/aromatic N) is 2. The summed E-state index contributed by atoms with van der Waals surface area (Å²) in [6.07, 6.45) is 2.26.